The smallest absolute Gasteiger partial charge is 0.287 e. The van der Waals surface area contributed by atoms with E-state index in [4.69, 9.17) is 4.42 Å². The lowest BCUT2D eigenvalue weighted by molar-refractivity contribution is 0.0784. The molecule has 5 nitrogen and oxygen atoms in total. The van der Waals surface area contributed by atoms with Crippen molar-refractivity contribution in [1.29, 1.82) is 0 Å². The van der Waals surface area contributed by atoms with Crippen molar-refractivity contribution in [2.45, 2.75) is 26.2 Å². The van der Waals surface area contributed by atoms with Gasteiger partial charge in [0.15, 0.2) is 5.76 Å². The molecule has 0 saturated carbocycles. The number of carbonyl (C=O) groups is 2. The van der Waals surface area contributed by atoms with Gasteiger partial charge >= 0.3 is 0 Å². The summed E-state index contributed by atoms with van der Waals surface area (Å²) < 4.78 is 5.72. The van der Waals surface area contributed by atoms with Crippen LogP contribution in [0.25, 0.3) is 11.3 Å². The molecule has 0 radical (unpaired) electrons. The van der Waals surface area contributed by atoms with Crippen LogP contribution in [0.4, 0.5) is 0 Å². The van der Waals surface area contributed by atoms with E-state index in [0.29, 0.717) is 29.7 Å². The van der Waals surface area contributed by atoms with Gasteiger partial charge in [-0.05, 0) is 55.4 Å². The second-order valence-electron chi connectivity index (χ2n) is 7.67. The van der Waals surface area contributed by atoms with Crippen molar-refractivity contribution in [2.24, 2.45) is 11.8 Å². The first-order valence-corrected chi connectivity index (χ1v) is 10.1. The van der Waals surface area contributed by atoms with Crippen LogP contribution in [0.15, 0.2) is 53.0 Å². The highest BCUT2D eigenvalue weighted by Crippen LogP contribution is 2.33. The van der Waals surface area contributed by atoms with Gasteiger partial charge in [-0.1, -0.05) is 31.2 Å². The maximum Gasteiger partial charge on any atom is 0.287 e. The van der Waals surface area contributed by atoms with Crippen molar-refractivity contribution in [1.82, 2.24) is 10.2 Å². The Morgan fingerprint density at radius 1 is 1.11 bits per heavy atom. The quantitative estimate of drug-likeness (QED) is 0.796. The summed E-state index contributed by atoms with van der Waals surface area (Å²) in [6.45, 7) is 4.29. The summed E-state index contributed by atoms with van der Waals surface area (Å²) in [5, 5.41) is 2.81. The average Bonchev–Trinajstić information content (AvgIpc) is 3.39. The van der Waals surface area contributed by atoms with Crippen LogP contribution in [-0.4, -0.2) is 36.3 Å². The van der Waals surface area contributed by atoms with E-state index in [0.717, 1.165) is 37.9 Å². The first-order chi connectivity index (χ1) is 13.7. The number of fused-ring (bicyclic) bond motifs is 1. The Balaban J connectivity index is 1.48. The number of rotatable bonds is 5. The highest BCUT2D eigenvalue weighted by atomic mass is 16.3. The minimum Gasteiger partial charge on any atom is -0.451 e. The van der Waals surface area contributed by atoms with Gasteiger partial charge in [0.25, 0.3) is 11.8 Å². The minimum atomic E-state index is -0.214. The maximum absolute atomic E-state index is 13.0. The molecule has 2 unspecified atom stereocenters. The molecule has 1 saturated heterocycles. The van der Waals surface area contributed by atoms with Gasteiger partial charge in [-0.3, -0.25) is 9.59 Å². The second kappa shape index (κ2) is 8.05. The van der Waals surface area contributed by atoms with Crippen molar-refractivity contribution < 1.29 is 14.0 Å². The molecule has 2 aliphatic rings. The molecule has 28 heavy (non-hydrogen) atoms. The van der Waals surface area contributed by atoms with Crippen molar-refractivity contribution in [3.63, 3.8) is 0 Å². The van der Waals surface area contributed by atoms with Crippen LogP contribution in [0.3, 0.4) is 0 Å². The highest BCUT2D eigenvalue weighted by molar-refractivity contribution is 5.96. The summed E-state index contributed by atoms with van der Waals surface area (Å²) in [7, 11) is 0. The number of nitrogens with zero attached hydrogens (tertiary/aromatic N) is 1. The second-order valence-corrected chi connectivity index (χ2v) is 7.67. The zero-order valence-electron chi connectivity index (χ0n) is 16.2. The molecular weight excluding hydrogens is 352 g/mol. The molecule has 1 aromatic heterocycles. The topological polar surface area (TPSA) is 62.6 Å². The van der Waals surface area contributed by atoms with E-state index in [1.54, 1.807) is 12.1 Å². The number of nitrogens with one attached hydrogen (secondary N) is 1. The summed E-state index contributed by atoms with van der Waals surface area (Å²) in [5.41, 5.74) is 1.47. The molecule has 2 heterocycles. The van der Waals surface area contributed by atoms with Crippen LogP contribution in [0, 0.1) is 11.8 Å². The normalized spacial score (nSPS) is 20.8. The highest BCUT2D eigenvalue weighted by Gasteiger charge is 2.35. The van der Waals surface area contributed by atoms with E-state index >= 15 is 0 Å². The molecule has 0 bridgehead atoms. The Morgan fingerprint density at radius 2 is 1.86 bits per heavy atom. The standard InChI is InChI=1S/C23H26N2O3/c1-2-12-24-22(26)21-11-10-20(28-21)16-8-5-9-17(13-16)23(27)25-14-18-6-3-4-7-19(18)15-25/h3-5,8-11,13,18-19H,2,6-7,12,14-15H2,1H3,(H,24,26). The van der Waals surface area contributed by atoms with Crippen molar-refractivity contribution in [2.75, 3.05) is 19.6 Å². The van der Waals surface area contributed by atoms with Gasteiger partial charge in [0.05, 0.1) is 0 Å². The van der Waals surface area contributed by atoms with Gasteiger partial charge in [-0.25, -0.2) is 0 Å². The Bertz CT molecular complexity index is 883. The third kappa shape index (κ3) is 3.75. The molecule has 1 N–H and O–H groups in total. The van der Waals surface area contributed by atoms with Crippen molar-refractivity contribution in [3.05, 3.63) is 59.9 Å². The number of likely N-dealkylation sites (tertiary alicyclic amines) is 1. The number of carbonyl (C=O) groups excluding carboxylic acids is 2. The summed E-state index contributed by atoms with van der Waals surface area (Å²) in [4.78, 5) is 27.0. The van der Waals surface area contributed by atoms with Crippen LogP contribution in [0.5, 0.6) is 0 Å². The van der Waals surface area contributed by atoms with Crippen LogP contribution < -0.4 is 5.32 Å². The maximum atomic E-state index is 13.0. The van der Waals surface area contributed by atoms with Crippen LogP contribution in [0.2, 0.25) is 0 Å². The third-order valence-electron chi connectivity index (χ3n) is 5.67. The largest absolute Gasteiger partial charge is 0.451 e. The lowest BCUT2D eigenvalue weighted by atomic mass is 9.86. The van der Waals surface area contributed by atoms with Gasteiger partial charge in [-0.2, -0.15) is 0 Å². The molecule has 1 aliphatic heterocycles. The molecule has 1 aromatic carbocycles. The fraction of sp³-hybridized carbons (Fsp3) is 0.391. The summed E-state index contributed by atoms with van der Waals surface area (Å²) in [6.07, 6.45) is 7.49. The summed E-state index contributed by atoms with van der Waals surface area (Å²) in [6, 6.07) is 10.9. The summed E-state index contributed by atoms with van der Waals surface area (Å²) >= 11 is 0. The van der Waals surface area contributed by atoms with Gasteiger partial charge in [-0.15, -0.1) is 0 Å². The SMILES string of the molecule is CCCNC(=O)c1ccc(-c2cccc(C(=O)N3CC4CC=CCC4C3)c2)o1. The molecule has 146 valence electrons. The molecule has 2 atom stereocenters. The van der Waals surface area contributed by atoms with Gasteiger partial charge < -0.3 is 14.6 Å². The number of furan rings is 1. The van der Waals surface area contributed by atoms with Crippen LogP contribution >= 0.6 is 0 Å². The van der Waals surface area contributed by atoms with Crippen LogP contribution in [-0.2, 0) is 0 Å². The molecular formula is C23H26N2O3. The Hall–Kier alpha value is -2.82. The zero-order chi connectivity index (χ0) is 19.5. The number of benzene rings is 1. The third-order valence-corrected chi connectivity index (χ3v) is 5.67. The van der Waals surface area contributed by atoms with Crippen LogP contribution in [0.1, 0.15) is 47.1 Å². The number of hydrogen-bond donors (Lipinski definition) is 1. The summed E-state index contributed by atoms with van der Waals surface area (Å²) in [5.74, 6) is 1.92. The van der Waals surface area contributed by atoms with Crippen molar-refractivity contribution >= 4 is 11.8 Å². The van der Waals surface area contributed by atoms with E-state index in [1.807, 2.05) is 36.1 Å². The van der Waals surface area contributed by atoms with E-state index in [2.05, 4.69) is 17.5 Å². The molecule has 1 fully saturated rings. The predicted octanol–water partition coefficient (Wildman–Crippen LogP) is 4.12. The van der Waals surface area contributed by atoms with E-state index < -0.39 is 0 Å². The average molecular weight is 378 g/mol. The van der Waals surface area contributed by atoms with E-state index in [9.17, 15) is 9.59 Å². The van der Waals surface area contributed by atoms with E-state index in [1.165, 1.54) is 0 Å². The van der Waals surface area contributed by atoms with Gasteiger partial charge in [0, 0.05) is 30.8 Å². The molecule has 4 rings (SSSR count). The monoisotopic (exact) mass is 378 g/mol. The van der Waals surface area contributed by atoms with Gasteiger partial charge in [0.2, 0.25) is 0 Å². The number of allylic oxidation sites excluding steroid dienone is 2. The Kier molecular flexibility index (Phi) is 5.33. The number of amides is 2. The molecule has 1 aliphatic carbocycles. The number of hydrogen-bond acceptors (Lipinski definition) is 3. The fourth-order valence-corrected chi connectivity index (χ4v) is 4.11. The molecule has 2 amide bonds. The Morgan fingerprint density at radius 3 is 2.57 bits per heavy atom. The van der Waals surface area contributed by atoms with Crippen molar-refractivity contribution in [3.8, 4) is 11.3 Å². The molecule has 0 spiro atoms. The van der Waals surface area contributed by atoms with E-state index in [-0.39, 0.29) is 17.6 Å². The minimum absolute atomic E-state index is 0.0729. The lowest BCUT2D eigenvalue weighted by Gasteiger charge is -2.17. The first kappa shape index (κ1) is 18.5. The molecule has 5 heteroatoms. The van der Waals surface area contributed by atoms with Gasteiger partial charge in [0.1, 0.15) is 5.76 Å². The first-order valence-electron chi connectivity index (χ1n) is 10.1. The Labute approximate surface area is 165 Å². The zero-order valence-corrected chi connectivity index (χ0v) is 16.2. The molecule has 2 aromatic rings. The predicted molar refractivity (Wildman–Crippen MR) is 108 cm³/mol. The fourth-order valence-electron chi connectivity index (χ4n) is 4.11. The lowest BCUT2D eigenvalue weighted by Crippen LogP contribution is -2.29.